The Kier molecular flexibility index (Phi) is 4.06. The minimum Gasteiger partial charge on any atom is -0.508 e. The minimum absolute atomic E-state index is 0.231. The second kappa shape index (κ2) is 5.13. The maximum atomic E-state index is 12.0. The van der Waals surface area contributed by atoms with Gasteiger partial charge in [-0.05, 0) is 12.1 Å². The normalized spacial score (nSPS) is 11.1. The molecule has 4 nitrogen and oxygen atoms in total. The van der Waals surface area contributed by atoms with Gasteiger partial charge in [-0.3, -0.25) is 4.79 Å². The first kappa shape index (κ1) is 13.4. The van der Waals surface area contributed by atoms with Gasteiger partial charge in [0.2, 0.25) is 5.91 Å². The number of carbonyl (C=O) groups excluding carboxylic acids is 1. The summed E-state index contributed by atoms with van der Waals surface area (Å²) in [5.74, 6) is -2.24. The summed E-state index contributed by atoms with van der Waals surface area (Å²) >= 11 is 5.19. The summed E-state index contributed by atoms with van der Waals surface area (Å²) in [6.45, 7) is 0. The van der Waals surface area contributed by atoms with E-state index in [1.807, 2.05) is 0 Å². The molecule has 0 aliphatic heterocycles. The molecule has 0 atom stereocenters. The maximum Gasteiger partial charge on any atom is 0.573 e. The molecule has 0 saturated heterocycles. The molecule has 0 spiro atoms. The van der Waals surface area contributed by atoms with Crippen LogP contribution in [0.3, 0.4) is 0 Å². The van der Waals surface area contributed by atoms with Gasteiger partial charge in [-0.15, -0.1) is 24.8 Å². The van der Waals surface area contributed by atoms with E-state index in [2.05, 4.69) is 10.1 Å². The molecule has 8 heteroatoms. The Bertz CT molecular complexity index is 422. The number of carbonyl (C=O) groups is 1. The number of alkyl halides is 4. The minimum atomic E-state index is -4.92. The highest BCUT2D eigenvalue weighted by Crippen LogP contribution is 2.33. The number of aromatic hydroxyl groups is 1. The van der Waals surface area contributed by atoms with Crippen molar-refractivity contribution >= 4 is 23.2 Å². The molecule has 1 aromatic carbocycles. The number of hydrogen-bond donors (Lipinski definition) is 2. The molecule has 17 heavy (non-hydrogen) atoms. The van der Waals surface area contributed by atoms with Gasteiger partial charge in [-0.25, -0.2) is 0 Å². The van der Waals surface area contributed by atoms with E-state index in [1.165, 1.54) is 0 Å². The molecule has 94 valence electrons. The van der Waals surface area contributed by atoms with Crippen LogP contribution in [0.15, 0.2) is 18.2 Å². The van der Waals surface area contributed by atoms with Crippen molar-refractivity contribution in [3.05, 3.63) is 18.2 Å². The van der Waals surface area contributed by atoms with Gasteiger partial charge in [0.1, 0.15) is 11.6 Å². The number of anilines is 1. The number of phenolic OH excluding ortho intramolecular Hbond substituents is 1. The van der Waals surface area contributed by atoms with Gasteiger partial charge in [-0.1, -0.05) is 0 Å². The molecule has 0 fully saturated rings. The van der Waals surface area contributed by atoms with Gasteiger partial charge in [0.05, 0.1) is 5.69 Å². The summed E-state index contributed by atoms with van der Waals surface area (Å²) in [4.78, 5) is 10.9. The van der Waals surface area contributed by atoms with Gasteiger partial charge in [0, 0.05) is 6.07 Å². The zero-order valence-corrected chi connectivity index (χ0v) is 8.97. The number of ether oxygens (including phenoxy) is 1. The van der Waals surface area contributed by atoms with Crippen LogP contribution in [0, 0.1) is 0 Å². The van der Waals surface area contributed by atoms with E-state index in [4.69, 9.17) is 16.7 Å². The SMILES string of the molecule is O=C(CCl)Nc1ccc(O)cc1OC(F)(F)F. The summed E-state index contributed by atoms with van der Waals surface area (Å²) in [7, 11) is 0. The molecule has 1 rings (SSSR count). The van der Waals surface area contributed by atoms with Crippen LogP contribution in [-0.2, 0) is 4.79 Å². The van der Waals surface area contributed by atoms with Crippen molar-refractivity contribution in [2.24, 2.45) is 0 Å². The Balaban J connectivity index is 2.99. The maximum absolute atomic E-state index is 12.0. The highest BCUT2D eigenvalue weighted by Gasteiger charge is 2.32. The van der Waals surface area contributed by atoms with Crippen molar-refractivity contribution in [3.8, 4) is 11.5 Å². The van der Waals surface area contributed by atoms with Crippen LogP contribution in [0.4, 0.5) is 18.9 Å². The number of nitrogens with one attached hydrogen (secondary N) is 1. The summed E-state index contributed by atoms with van der Waals surface area (Å²) in [6.07, 6.45) is -4.92. The van der Waals surface area contributed by atoms with E-state index in [0.717, 1.165) is 18.2 Å². The molecule has 0 aliphatic carbocycles. The standard InChI is InChI=1S/C9H7ClF3NO3/c10-4-8(16)14-6-2-1-5(15)3-7(6)17-9(11,12)13/h1-3,15H,4H2,(H,14,16). The lowest BCUT2D eigenvalue weighted by Crippen LogP contribution is -2.19. The smallest absolute Gasteiger partial charge is 0.508 e. The van der Waals surface area contributed by atoms with Crippen LogP contribution < -0.4 is 10.1 Å². The van der Waals surface area contributed by atoms with Gasteiger partial charge >= 0.3 is 6.36 Å². The average molecular weight is 270 g/mol. The van der Waals surface area contributed by atoms with Gasteiger partial charge < -0.3 is 15.2 Å². The van der Waals surface area contributed by atoms with Crippen LogP contribution in [0.2, 0.25) is 0 Å². The van der Waals surface area contributed by atoms with Crippen molar-refractivity contribution in [1.82, 2.24) is 0 Å². The molecular weight excluding hydrogens is 263 g/mol. The second-order valence-electron chi connectivity index (χ2n) is 2.91. The van der Waals surface area contributed by atoms with E-state index in [9.17, 15) is 18.0 Å². The Morgan fingerprint density at radius 3 is 2.65 bits per heavy atom. The first-order chi connectivity index (χ1) is 7.81. The van der Waals surface area contributed by atoms with E-state index in [1.54, 1.807) is 0 Å². The van der Waals surface area contributed by atoms with E-state index < -0.39 is 29.6 Å². The number of amides is 1. The van der Waals surface area contributed by atoms with E-state index >= 15 is 0 Å². The largest absolute Gasteiger partial charge is 0.573 e. The first-order valence-electron chi connectivity index (χ1n) is 4.26. The highest BCUT2D eigenvalue weighted by molar-refractivity contribution is 6.29. The van der Waals surface area contributed by atoms with Crippen molar-refractivity contribution in [1.29, 1.82) is 0 Å². The molecule has 0 heterocycles. The van der Waals surface area contributed by atoms with Crippen molar-refractivity contribution < 1.29 is 27.8 Å². The Morgan fingerprint density at radius 1 is 1.47 bits per heavy atom. The Hall–Kier alpha value is -1.63. The molecule has 0 aliphatic rings. The highest BCUT2D eigenvalue weighted by atomic mass is 35.5. The summed E-state index contributed by atoms with van der Waals surface area (Å²) < 4.78 is 39.7. The van der Waals surface area contributed by atoms with Gasteiger partial charge in [0.15, 0.2) is 5.75 Å². The second-order valence-corrected chi connectivity index (χ2v) is 3.18. The third kappa shape index (κ3) is 4.39. The summed E-state index contributed by atoms with van der Waals surface area (Å²) in [5, 5.41) is 11.1. The molecule has 0 saturated carbocycles. The summed E-state index contributed by atoms with van der Waals surface area (Å²) in [5.41, 5.74) is -0.231. The quantitative estimate of drug-likeness (QED) is 0.655. The Labute approximate surface area is 98.9 Å². The lowest BCUT2D eigenvalue weighted by molar-refractivity contribution is -0.274. The fourth-order valence-corrected chi connectivity index (χ4v) is 1.07. The molecule has 0 bridgehead atoms. The van der Waals surface area contributed by atoms with Gasteiger partial charge in [-0.2, -0.15) is 0 Å². The average Bonchev–Trinajstić information content (AvgIpc) is 2.19. The molecule has 2 N–H and O–H groups in total. The lowest BCUT2D eigenvalue weighted by Gasteiger charge is -2.13. The molecule has 1 amide bonds. The topological polar surface area (TPSA) is 58.6 Å². The zero-order valence-electron chi connectivity index (χ0n) is 8.21. The number of halogens is 4. The van der Waals surface area contributed by atoms with Gasteiger partial charge in [0.25, 0.3) is 0 Å². The third-order valence-electron chi connectivity index (χ3n) is 1.59. The van der Waals surface area contributed by atoms with E-state index in [-0.39, 0.29) is 5.69 Å². The molecule has 1 aromatic rings. The predicted molar refractivity (Wildman–Crippen MR) is 54.1 cm³/mol. The molecule has 0 unspecified atom stereocenters. The first-order valence-corrected chi connectivity index (χ1v) is 4.80. The van der Waals surface area contributed by atoms with Crippen molar-refractivity contribution in [3.63, 3.8) is 0 Å². The van der Waals surface area contributed by atoms with Crippen LogP contribution >= 0.6 is 11.6 Å². The van der Waals surface area contributed by atoms with E-state index in [0.29, 0.717) is 0 Å². The number of benzene rings is 1. The Morgan fingerprint density at radius 2 is 2.12 bits per heavy atom. The molecular formula is C9H7ClF3NO3. The van der Waals surface area contributed by atoms with Crippen molar-refractivity contribution in [2.45, 2.75) is 6.36 Å². The fourth-order valence-electron chi connectivity index (χ4n) is 1.01. The van der Waals surface area contributed by atoms with Crippen LogP contribution in [0.25, 0.3) is 0 Å². The monoisotopic (exact) mass is 269 g/mol. The van der Waals surface area contributed by atoms with Crippen LogP contribution in [-0.4, -0.2) is 23.3 Å². The molecule has 0 aromatic heterocycles. The lowest BCUT2D eigenvalue weighted by atomic mass is 10.2. The predicted octanol–water partition coefficient (Wildman–Crippen LogP) is 2.47. The zero-order chi connectivity index (χ0) is 13.1. The third-order valence-corrected chi connectivity index (χ3v) is 1.83. The number of hydrogen-bond acceptors (Lipinski definition) is 3. The fraction of sp³-hybridized carbons (Fsp3) is 0.222. The van der Waals surface area contributed by atoms with Crippen molar-refractivity contribution in [2.75, 3.05) is 11.2 Å². The van der Waals surface area contributed by atoms with Crippen LogP contribution in [0.1, 0.15) is 0 Å². The van der Waals surface area contributed by atoms with Crippen LogP contribution in [0.5, 0.6) is 11.5 Å². The molecule has 0 radical (unpaired) electrons. The summed E-state index contributed by atoms with van der Waals surface area (Å²) in [6, 6.07) is 2.91. The number of rotatable bonds is 3. The number of phenols is 1.